The van der Waals surface area contributed by atoms with E-state index in [1.54, 1.807) is 31.2 Å². The van der Waals surface area contributed by atoms with Crippen LogP contribution in [0.3, 0.4) is 0 Å². The fourth-order valence-corrected chi connectivity index (χ4v) is 2.35. The zero-order chi connectivity index (χ0) is 17.2. The number of hydrogen-bond acceptors (Lipinski definition) is 6. The van der Waals surface area contributed by atoms with Crippen LogP contribution in [-0.2, 0) is 11.3 Å². The molecule has 1 heterocycles. The zero-order valence-electron chi connectivity index (χ0n) is 13.2. The Balaban J connectivity index is 1.96. The normalized spacial score (nSPS) is 15.3. The first-order valence-electron chi connectivity index (χ1n) is 7.51. The number of hydrogen-bond donors (Lipinski definition) is 2. The molecule has 0 aromatic heterocycles. The molecular weight excluding hydrogens is 307 g/mol. The predicted molar refractivity (Wildman–Crippen MR) is 89.1 cm³/mol. The molecule has 3 N–H and O–H groups in total. The molecule has 2 aromatic carbocycles. The minimum Gasteiger partial charge on any atom is -0.487 e. The molecule has 1 aliphatic rings. The number of nitrogens with two attached hydrogens (primary N) is 1. The summed E-state index contributed by atoms with van der Waals surface area (Å²) in [5, 5.41) is 19.1. The van der Waals surface area contributed by atoms with Gasteiger partial charge < -0.3 is 24.9 Å². The Morgan fingerprint density at radius 2 is 2.08 bits per heavy atom. The molecule has 0 amide bonds. The van der Waals surface area contributed by atoms with Crippen molar-refractivity contribution in [1.29, 1.82) is 5.26 Å². The molecule has 24 heavy (non-hydrogen) atoms. The second-order valence-electron chi connectivity index (χ2n) is 5.86. The van der Waals surface area contributed by atoms with Gasteiger partial charge in [0.25, 0.3) is 0 Å². The van der Waals surface area contributed by atoms with Crippen molar-refractivity contribution in [3.8, 4) is 23.3 Å². The molecule has 0 fully saturated rings. The van der Waals surface area contributed by atoms with Gasteiger partial charge in [-0.15, -0.1) is 0 Å². The molecule has 2 aromatic rings. The van der Waals surface area contributed by atoms with E-state index in [0.29, 0.717) is 29.3 Å². The highest BCUT2D eigenvalue weighted by Gasteiger charge is 2.34. The zero-order valence-corrected chi connectivity index (χ0v) is 13.2. The van der Waals surface area contributed by atoms with Gasteiger partial charge >= 0.3 is 7.12 Å². The lowest BCUT2D eigenvalue weighted by Crippen LogP contribution is -2.41. The minimum atomic E-state index is -1.13. The van der Waals surface area contributed by atoms with E-state index < -0.39 is 12.7 Å². The second-order valence-corrected chi connectivity index (χ2v) is 5.86. The third-order valence-corrected chi connectivity index (χ3v) is 3.64. The smallest absolute Gasteiger partial charge is 0.487 e. The average Bonchev–Trinajstić information content (AvgIpc) is 2.96. The Hall–Kier alpha value is -2.53. The largest absolute Gasteiger partial charge is 0.495 e. The summed E-state index contributed by atoms with van der Waals surface area (Å²) in [6, 6.07) is 14.7. The number of nitriles is 1. The maximum Gasteiger partial charge on any atom is 0.495 e. The molecule has 0 aliphatic carbocycles. The molecule has 0 saturated carbocycles. The average molecular weight is 324 g/mol. The molecule has 1 unspecified atom stereocenters. The highest BCUT2D eigenvalue weighted by Crippen LogP contribution is 2.33. The molecule has 6 nitrogen and oxygen atoms in total. The maximum atomic E-state index is 10.1. The highest BCUT2D eigenvalue weighted by molar-refractivity contribution is 6.62. The molecule has 0 spiro atoms. The van der Waals surface area contributed by atoms with Crippen molar-refractivity contribution < 1.29 is 19.2 Å². The van der Waals surface area contributed by atoms with E-state index in [1.807, 2.05) is 24.3 Å². The van der Waals surface area contributed by atoms with Crippen LogP contribution in [0.15, 0.2) is 42.5 Å². The van der Waals surface area contributed by atoms with Gasteiger partial charge in [-0.2, -0.15) is 5.26 Å². The Kier molecular flexibility index (Phi) is 4.45. The molecule has 3 rings (SSSR count). The number of nitrogens with zero attached hydrogens (tertiary/aromatic N) is 1. The van der Waals surface area contributed by atoms with Crippen molar-refractivity contribution in [3.05, 3.63) is 48.0 Å². The molecular formula is C17H17BN2O4. The van der Waals surface area contributed by atoms with Crippen LogP contribution >= 0.6 is 0 Å². The standard InChI is InChI=1S/C17H17BN2O4/c1-17(20,10-19)11-22-14-8-7-12-9-23-18(21)15(12)16(14)24-13-5-3-2-4-6-13/h2-8,21H,9,11,20H2,1H3. The van der Waals surface area contributed by atoms with Crippen LogP contribution in [0, 0.1) is 11.3 Å². The van der Waals surface area contributed by atoms with E-state index in [1.165, 1.54) is 0 Å². The van der Waals surface area contributed by atoms with Gasteiger partial charge in [0.15, 0.2) is 11.5 Å². The number of benzene rings is 2. The van der Waals surface area contributed by atoms with Crippen LogP contribution in [-0.4, -0.2) is 24.3 Å². The van der Waals surface area contributed by atoms with E-state index in [0.717, 1.165) is 5.56 Å². The van der Waals surface area contributed by atoms with E-state index in [-0.39, 0.29) is 6.61 Å². The quantitative estimate of drug-likeness (QED) is 0.805. The van der Waals surface area contributed by atoms with Crippen LogP contribution in [0.2, 0.25) is 0 Å². The van der Waals surface area contributed by atoms with Gasteiger partial charge in [-0.25, -0.2) is 0 Å². The summed E-state index contributed by atoms with van der Waals surface area (Å²) in [6.45, 7) is 1.87. The fourth-order valence-electron chi connectivity index (χ4n) is 2.35. The fraction of sp³-hybridized carbons (Fsp3) is 0.235. The van der Waals surface area contributed by atoms with Crippen LogP contribution in [0.4, 0.5) is 0 Å². The first-order chi connectivity index (χ1) is 11.5. The van der Waals surface area contributed by atoms with Crippen molar-refractivity contribution in [2.75, 3.05) is 6.61 Å². The lowest BCUT2D eigenvalue weighted by Gasteiger charge is -2.20. The Bertz CT molecular complexity index is 774. The summed E-state index contributed by atoms with van der Waals surface area (Å²) < 4.78 is 16.9. The van der Waals surface area contributed by atoms with E-state index in [4.69, 9.17) is 25.1 Å². The SMILES string of the molecule is CC(N)(C#N)COc1ccc2c(c1Oc1ccccc1)B(O)OC2. The Morgan fingerprint density at radius 1 is 1.33 bits per heavy atom. The van der Waals surface area contributed by atoms with Gasteiger partial charge in [-0.3, -0.25) is 0 Å². The van der Waals surface area contributed by atoms with Crippen molar-refractivity contribution in [2.24, 2.45) is 5.73 Å². The molecule has 1 atom stereocenters. The van der Waals surface area contributed by atoms with Crippen molar-refractivity contribution in [2.45, 2.75) is 19.1 Å². The first kappa shape index (κ1) is 16.3. The molecule has 122 valence electrons. The van der Waals surface area contributed by atoms with Crippen molar-refractivity contribution >= 4 is 12.6 Å². The Morgan fingerprint density at radius 3 is 2.79 bits per heavy atom. The van der Waals surface area contributed by atoms with Gasteiger partial charge in [0.2, 0.25) is 0 Å². The molecule has 0 saturated heterocycles. The van der Waals surface area contributed by atoms with Gasteiger partial charge in [0, 0.05) is 5.46 Å². The van der Waals surface area contributed by atoms with Crippen LogP contribution < -0.4 is 20.7 Å². The number of para-hydroxylation sites is 1. The molecule has 0 bridgehead atoms. The second kappa shape index (κ2) is 6.53. The summed E-state index contributed by atoms with van der Waals surface area (Å²) in [4.78, 5) is 0. The third kappa shape index (κ3) is 3.36. The van der Waals surface area contributed by atoms with Gasteiger partial charge in [-0.05, 0) is 30.7 Å². The third-order valence-electron chi connectivity index (χ3n) is 3.64. The highest BCUT2D eigenvalue weighted by atomic mass is 16.5. The van der Waals surface area contributed by atoms with Crippen LogP contribution in [0.1, 0.15) is 12.5 Å². The summed E-state index contributed by atoms with van der Waals surface area (Å²) in [5.74, 6) is 1.37. The van der Waals surface area contributed by atoms with Crippen LogP contribution in [0.5, 0.6) is 17.2 Å². The summed E-state index contributed by atoms with van der Waals surface area (Å²) in [5.41, 5.74) is 6.04. The maximum absolute atomic E-state index is 10.1. The predicted octanol–water partition coefficient (Wildman–Crippen LogP) is 1.32. The molecule has 7 heteroatoms. The lowest BCUT2D eigenvalue weighted by molar-refractivity contribution is 0.256. The number of rotatable bonds is 5. The van der Waals surface area contributed by atoms with Gasteiger partial charge in [0.05, 0.1) is 12.7 Å². The first-order valence-corrected chi connectivity index (χ1v) is 7.51. The van der Waals surface area contributed by atoms with Crippen molar-refractivity contribution in [3.63, 3.8) is 0 Å². The summed E-state index contributed by atoms with van der Waals surface area (Å²) in [6.07, 6.45) is 0. The van der Waals surface area contributed by atoms with Crippen LogP contribution in [0.25, 0.3) is 0 Å². The number of fused-ring (bicyclic) bond motifs is 1. The summed E-state index contributed by atoms with van der Waals surface area (Å²) in [7, 11) is -1.08. The van der Waals surface area contributed by atoms with Crippen molar-refractivity contribution in [1.82, 2.24) is 0 Å². The van der Waals surface area contributed by atoms with Gasteiger partial charge in [0.1, 0.15) is 17.9 Å². The lowest BCUT2D eigenvalue weighted by atomic mass is 9.78. The number of ether oxygens (including phenoxy) is 2. The topological polar surface area (TPSA) is 97.7 Å². The minimum absolute atomic E-state index is 0.00953. The van der Waals surface area contributed by atoms with E-state index in [2.05, 4.69) is 0 Å². The van der Waals surface area contributed by atoms with E-state index >= 15 is 0 Å². The van der Waals surface area contributed by atoms with Gasteiger partial charge in [-0.1, -0.05) is 24.3 Å². The molecule has 0 radical (unpaired) electrons. The monoisotopic (exact) mass is 324 g/mol. The summed E-state index contributed by atoms with van der Waals surface area (Å²) >= 11 is 0. The Labute approximate surface area is 140 Å². The van der Waals surface area contributed by atoms with E-state index in [9.17, 15) is 5.02 Å². The molecule has 1 aliphatic heterocycles.